The summed E-state index contributed by atoms with van der Waals surface area (Å²) in [6, 6.07) is 1.78. The van der Waals surface area contributed by atoms with Crippen molar-refractivity contribution in [1.82, 2.24) is 0 Å². The van der Waals surface area contributed by atoms with E-state index in [0.717, 1.165) is 12.1 Å². The summed E-state index contributed by atoms with van der Waals surface area (Å²) in [6.45, 7) is 3.38. The van der Waals surface area contributed by atoms with Crippen LogP contribution >= 0.6 is 0 Å². The molecule has 0 heterocycles. The van der Waals surface area contributed by atoms with Crippen LogP contribution in [0.2, 0.25) is 0 Å². The van der Waals surface area contributed by atoms with Gasteiger partial charge in [0.05, 0.1) is 22.8 Å². The lowest BCUT2D eigenvalue weighted by molar-refractivity contribution is 0.0696. The van der Waals surface area contributed by atoms with Crippen molar-refractivity contribution in [1.29, 1.82) is 0 Å². The van der Waals surface area contributed by atoms with Gasteiger partial charge in [-0.15, -0.1) is 0 Å². The molecule has 0 atom stereocenters. The van der Waals surface area contributed by atoms with E-state index >= 15 is 0 Å². The second-order valence-electron chi connectivity index (χ2n) is 3.90. The molecule has 5 nitrogen and oxygen atoms in total. The summed E-state index contributed by atoms with van der Waals surface area (Å²) < 4.78 is 42.5. The zero-order valence-electron chi connectivity index (χ0n) is 10.6. The summed E-state index contributed by atoms with van der Waals surface area (Å²) in [5, 5.41) is 8.82. The molecule has 1 N–H and O–H groups in total. The van der Waals surface area contributed by atoms with Gasteiger partial charge in [-0.25, -0.2) is 17.6 Å². The van der Waals surface area contributed by atoms with Crippen LogP contribution < -0.4 is 0 Å². The average Bonchev–Trinajstić information content (AvgIpc) is 2.32. The van der Waals surface area contributed by atoms with Gasteiger partial charge < -0.3 is 9.84 Å². The van der Waals surface area contributed by atoms with Crippen molar-refractivity contribution in [2.75, 3.05) is 19.0 Å². The van der Waals surface area contributed by atoms with Crippen molar-refractivity contribution >= 4 is 15.8 Å². The fourth-order valence-corrected chi connectivity index (χ4v) is 2.95. The molecule has 19 heavy (non-hydrogen) atoms. The Morgan fingerprint density at radius 1 is 1.42 bits per heavy atom. The Hall–Kier alpha value is -1.47. The van der Waals surface area contributed by atoms with Crippen LogP contribution in [-0.2, 0) is 14.6 Å². The molecular weight excluding hydrogens is 275 g/mol. The van der Waals surface area contributed by atoms with Gasteiger partial charge in [0.15, 0.2) is 9.84 Å². The maximum absolute atomic E-state index is 13.6. The summed E-state index contributed by atoms with van der Waals surface area (Å²) in [5.74, 6) is -2.54. The zero-order valence-corrected chi connectivity index (χ0v) is 11.5. The van der Waals surface area contributed by atoms with Crippen molar-refractivity contribution in [2.45, 2.75) is 18.7 Å². The molecule has 1 aromatic carbocycles. The highest BCUT2D eigenvalue weighted by atomic mass is 32.2. The van der Waals surface area contributed by atoms with Crippen LogP contribution in [0.15, 0.2) is 17.0 Å². The number of rotatable bonds is 6. The number of carboxylic acid groups (broad SMARTS) is 1. The Bertz CT molecular complexity index is 580. The number of hydrogen-bond acceptors (Lipinski definition) is 4. The van der Waals surface area contributed by atoms with Gasteiger partial charge in [-0.05, 0) is 26.0 Å². The van der Waals surface area contributed by atoms with Crippen molar-refractivity contribution in [3.05, 3.63) is 29.1 Å². The summed E-state index contributed by atoms with van der Waals surface area (Å²) in [4.78, 5) is 10.5. The second kappa shape index (κ2) is 6.12. The molecular formula is C12H15FO5S. The van der Waals surface area contributed by atoms with Crippen LogP contribution in [0, 0.1) is 12.7 Å². The first-order valence-corrected chi connectivity index (χ1v) is 7.28. The van der Waals surface area contributed by atoms with Crippen LogP contribution in [0.4, 0.5) is 4.39 Å². The lowest BCUT2D eigenvalue weighted by Gasteiger charge is -2.10. The average molecular weight is 290 g/mol. The van der Waals surface area contributed by atoms with Gasteiger partial charge in [-0.2, -0.15) is 0 Å². The second-order valence-corrected chi connectivity index (χ2v) is 5.98. The van der Waals surface area contributed by atoms with Crippen molar-refractivity contribution in [3.8, 4) is 0 Å². The van der Waals surface area contributed by atoms with Gasteiger partial charge in [0.25, 0.3) is 0 Å². The van der Waals surface area contributed by atoms with E-state index in [9.17, 15) is 17.6 Å². The molecule has 0 bridgehead atoms. The molecule has 0 aromatic heterocycles. The van der Waals surface area contributed by atoms with Crippen LogP contribution in [0.25, 0.3) is 0 Å². The van der Waals surface area contributed by atoms with E-state index in [1.165, 1.54) is 6.92 Å². The Kier molecular flexibility index (Phi) is 5.02. The number of benzene rings is 1. The molecule has 0 unspecified atom stereocenters. The predicted molar refractivity (Wildman–Crippen MR) is 66.6 cm³/mol. The van der Waals surface area contributed by atoms with Crippen molar-refractivity contribution in [2.24, 2.45) is 0 Å². The van der Waals surface area contributed by atoms with Crippen LogP contribution in [0.5, 0.6) is 0 Å². The highest BCUT2D eigenvalue weighted by molar-refractivity contribution is 7.91. The third-order valence-corrected chi connectivity index (χ3v) is 4.38. The highest BCUT2D eigenvalue weighted by Crippen LogP contribution is 2.22. The molecule has 0 aliphatic heterocycles. The van der Waals surface area contributed by atoms with Gasteiger partial charge in [0.1, 0.15) is 5.82 Å². The quantitative estimate of drug-likeness (QED) is 0.806. The summed E-state index contributed by atoms with van der Waals surface area (Å²) >= 11 is 0. The van der Waals surface area contributed by atoms with Crippen LogP contribution in [0.1, 0.15) is 22.8 Å². The SMILES string of the molecule is CCOCCS(=O)(=O)c1cc(C(=O)O)cc(F)c1C. The van der Waals surface area contributed by atoms with E-state index < -0.39 is 27.2 Å². The van der Waals surface area contributed by atoms with E-state index in [4.69, 9.17) is 9.84 Å². The number of carbonyl (C=O) groups is 1. The van der Waals surface area contributed by atoms with Crippen LogP contribution in [-0.4, -0.2) is 38.5 Å². The minimum atomic E-state index is -3.77. The number of halogens is 1. The standard InChI is InChI=1S/C12H15FO5S/c1-3-18-4-5-19(16,17)11-7-9(12(14)15)6-10(13)8(11)2/h6-7H,3-5H2,1-2H3,(H,14,15). The highest BCUT2D eigenvalue weighted by Gasteiger charge is 2.21. The van der Waals surface area contributed by atoms with E-state index in [-0.39, 0.29) is 22.8 Å². The lowest BCUT2D eigenvalue weighted by Crippen LogP contribution is -2.15. The molecule has 0 fully saturated rings. The van der Waals surface area contributed by atoms with Crippen LogP contribution in [0.3, 0.4) is 0 Å². The van der Waals surface area contributed by atoms with Gasteiger partial charge in [-0.3, -0.25) is 0 Å². The summed E-state index contributed by atoms with van der Waals surface area (Å²) in [5.41, 5.74) is -0.473. The first-order chi connectivity index (χ1) is 8.79. The smallest absolute Gasteiger partial charge is 0.335 e. The third kappa shape index (κ3) is 3.74. The maximum atomic E-state index is 13.6. The summed E-state index contributed by atoms with van der Waals surface area (Å²) in [6.07, 6.45) is 0. The number of aromatic carboxylic acids is 1. The molecule has 106 valence electrons. The first kappa shape index (κ1) is 15.6. The molecule has 1 rings (SSSR count). The number of hydrogen-bond donors (Lipinski definition) is 1. The van der Waals surface area contributed by atoms with E-state index in [1.807, 2.05) is 0 Å². The predicted octanol–water partition coefficient (Wildman–Crippen LogP) is 1.64. The van der Waals surface area contributed by atoms with E-state index in [1.54, 1.807) is 6.92 Å². The maximum Gasteiger partial charge on any atom is 0.335 e. The van der Waals surface area contributed by atoms with Crippen molar-refractivity contribution in [3.63, 3.8) is 0 Å². The monoisotopic (exact) mass is 290 g/mol. The Morgan fingerprint density at radius 3 is 2.58 bits per heavy atom. The first-order valence-electron chi connectivity index (χ1n) is 5.63. The molecule has 0 aliphatic carbocycles. The zero-order chi connectivity index (χ0) is 14.6. The molecule has 0 aliphatic rings. The van der Waals surface area contributed by atoms with Gasteiger partial charge >= 0.3 is 5.97 Å². The van der Waals surface area contributed by atoms with Gasteiger partial charge in [-0.1, -0.05) is 0 Å². The third-order valence-electron chi connectivity index (χ3n) is 2.58. The minimum absolute atomic E-state index is 0.0167. The topological polar surface area (TPSA) is 80.7 Å². The molecule has 0 radical (unpaired) electrons. The van der Waals surface area contributed by atoms with Crippen molar-refractivity contribution < 1.29 is 27.4 Å². The molecule has 0 spiro atoms. The van der Waals surface area contributed by atoms with Gasteiger partial charge in [0, 0.05) is 12.2 Å². The molecule has 0 saturated carbocycles. The number of carboxylic acids is 1. The molecule has 0 amide bonds. The van der Waals surface area contributed by atoms with Gasteiger partial charge in [0.2, 0.25) is 0 Å². The summed E-state index contributed by atoms with van der Waals surface area (Å²) in [7, 11) is -3.77. The Labute approximate surface area is 110 Å². The Balaban J connectivity index is 3.21. The molecule has 1 aromatic rings. The molecule has 0 saturated heterocycles. The Morgan fingerprint density at radius 2 is 2.05 bits per heavy atom. The number of sulfone groups is 1. The lowest BCUT2D eigenvalue weighted by atomic mass is 10.1. The molecule has 7 heteroatoms. The fourth-order valence-electron chi connectivity index (χ4n) is 1.52. The van der Waals surface area contributed by atoms with E-state index in [2.05, 4.69) is 0 Å². The normalized spacial score (nSPS) is 11.5. The van der Waals surface area contributed by atoms with E-state index in [0.29, 0.717) is 6.61 Å². The minimum Gasteiger partial charge on any atom is -0.478 e. The fraction of sp³-hybridized carbons (Fsp3) is 0.417. The largest absolute Gasteiger partial charge is 0.478 e. The number of ether oxygens (including phenoxy) is 1.